The first kappa shape index (κ1) is 28.9. The normalized spacial score (nSPS) is 50.9. The van der Waals surface area contributed by atoms with Crippen LogP contribution in [0, 0.1) is 56.7 Å². The van der Waals surface area contributed by atoms with Crippen LogP contribution in [0.4, 0.5) is 0 Å². The fraction of sp³-hybridized carbons (Fsp3) is 0.853. The number of carbonyl (C=O) groups excluding carboxylic acids is 3. The van der Waals surface area contributed by atoms with Crippen LogP contribution in [-0.2, 0) is 23.9 Å². The summed E-state index contributed by atoms with van der Waals surface area (Å²) in [6.07, 6.45) is 10.2. The quantitative estimate of drug-likeness (QED) is 0.351. The van der Waals surface area contributed by atoms with Gasteiger partial charge in [-0.15, -0.1) is 0 Å². The van der Waals surface area contributed by atoms with E-state index in [4.69, 9.17) is 9.47 Å². The summed E-state index contributed by atoms with van der Waals surface area (Å²) in [5, 5.41) is 0. The Morgan fingerprint density at radius 1 is 0.897 bits per heavy atom. The van der Waals surface area contributed by atoms with Crippen molar-refractivity contribution >= 4 is 17.7 Å². The van der Waals surface area contributed by atoms with Gasteiger partial charge in [0.15, 0.2) is 5.78 Å². The van der Waals surface area contributed by atoms with E-state index in [1.165, 1.54) is 38.7 Å². The maximum atomic E-state index is 14.5. The number of rotatable bonds is 3. The van der Waals surface area contributed by atoms with E-state index in [9.17, 15) is 14.4 Å². The molecule has 5 rings (SSSR count). The van der Waals surface area contributed by atoms with Crippen LogP contribution in [0.3, 0.4) is 0 Å². The van der Waals surface area contributed by atoms with Gasteiger partial charge in [0.25, 0.3) is 0 Å². The molecule has 0 aromatic rings. The third-order valence-corrected chi connectivity index (χ3v) is 13.8. The van der Waals surface area contributed by atoms with Crippen LogP contribution >= 0.6 is 0 Å². The first-order valence-electron chi connectivity index (χ1n) is 15.6. The zero-order valence-corrected chi connectivity index (χ0v) is 25.9. The van der Waals surface area contributed by atoms with Crippen LogP contribution in [0.5, 0.6) is 0 Å². The van der Waals surface area contributed by atoms with E-state index >= 15 is 0 Å². The fourth-order valence-corrected chi connectivity index (χ4v) is 11.3. The Kier molecular flexibility index (Phi) is 6.79. The molecule has 0 aliphatic heterocycles. The minimum Gasteiger partial charge on any atom is -0.465 e. The van der Waals surface area contributed by atoms with Gasteiger partial charge in [-0.2, -0.15) is 0 Å². The van der Waals surface area contributed by atoms with E-state index in [1.54, 1.807) is 0 Å². The average Bonchev–Trinajstić information content (AvgIpc) is 2.83. The van der Waals surface area contributed by atoms with Gasteiger partial charge in [-0.05, 0) is 103 Å². The van der Waals surface area contributed by atoms with Crippen molar-refractivity contribution in [1.29, 1.82) is 0 Å². The minimum absolute atomic E-state index is 0.00588. The van der Waals surface area contributed by atoms with Crippen molar-refractivity contribution in [3.8, 4) is 0 Å². The number of fused-ring (bicyclic) bond motifs is 7. The Bertz CT molecular complexity index is 1090. The highest BCUT2D eigenvalue weighted by Gasteiger charge is 2.71. The highest BCUT2D eigenvalue weighted by Crippen LogP contribution is 2.75. The Hall–Kier alpha value is -1.65. The zero-order chi connectivity index (χ0) is 28.8. The standard InChI is InChI=1S/C34H52O5/c1-20-10-13-30(5)16-17-33(8)24(28(30)21(20)2)18-25(37)29-31(6)14-12-27(39-23(4)36)32(7,19-38-22(3)35)26(31)11-15-34(29,33)9/h18,20-21,26-29H,10-17,19H2,1-9H3/t20-,21+,26-,27-,28+,29-,30-,31+,32-,33-,34-/m1/s1. The van der Waals surface area contributed by atoms with Crippen LogP contribution in [0.1, 0.15) is 114 Å². The molecule has 0 radical (unpaired) electrons. The molecular formula is C34H52O5. The van der Waals surface area contributed by atoms with Gasteiger partial charge in [0.2, 0.25) is 0 Å². The van der Waals surface area contributed by atoms with E-state index in [0.717, 1.165) is 25.7 Å². The van der Waals surface area contributed by atoms with Crippen molar-refractivity contribution in [3.05, 3.63) is 11.6 Å². The topological polar surface area (TPSA) is 69.7 Å². The number of ketones is 1. The number of allylic oxidation sites excluding steroid dienone is 2. The summed E-state index contributed by atoms with van der Waals surface area (Å²) in [5.41, 5.74) is 0.818. The van der Waals surface area contributed by atoms with E-state index in [-0.39, 0.29) is 58.1 Å². The van der Waals surface area contributed by atoms with E-state index in [2.05, 4.69) is 54.5 Å². The molecule has 0 saturated heterocycles. The predicted octanol–water partition coefficient (Wildman–Crippen LogP) is 7.32. The molecule has 0 heterocycles. The van der Waals surface area contributed by atoms with Crippen molar-refractivity contribution in [2.75, 3.05) is 6.61 Å². The summed E-state index contributed by atoms with van der Waals surface area (Å²) in [6, 6.07) is 0. The molecule has 0 unspecified atom stereocenters. The van der Waals surface area contributed by atoms with Gasteiger partial charge in [0.05, 0.1) is 0 Å². The van der Waals surface area contributed by atoms with Gasteiger partial charge in [0, 0.05) is 25.2 Å². The highest BCUT2D eigenvalue weighted by molar-refractivity contribution is 5.95. The molecule has 218 valence electrons. The summed E-state index contributed by atoms with van der Waals surface area (Å²) < 4.78 is 11.5. The van der Waals surface area contributed by atoms with E-state index in [1.807, 2.05) is 0 Å². The second kappa shape index (κ2) is 9.18. The van der Waals surface area contributed by atoms with Gasteiger partial charge in [0.1, 0.15) is 12.7 Å². The van der Waals surface area contributed by atoms with Crippen LogP contribution < -0.4 is 0 Å². The maximum absolute atomic E-state index is 14.5. The van der Waals surface area contributed by atoms with Crippen LogP contribution in [0.25, 0.3) is 0 Å². The second-order valence-electron chi connectivity index (χ2n) is 15.7. The van der Waals surface area contributed by atoms with Crippen molar-refractivity contribution < 1.29 is 23.9 Å². The minimum atomic E-state index is -0.532. The Morgan fingerprint density at radius 3 is 2.23 bits per heavy atom. The summed E-state index contributed by atoms with van der Waals surface area (Å²) in [5.74, 6) is 1.46. The lowest BCUT2D eigenvalue weighted by Gasteiger charge is -2.70. The molecule has 4 fully saturated rings. The van der Waals surface area contributed by atoms with Crippen molar-refractivity contribution in [2.24, 2.45) is 56.7 Å². The number of esters is 2. The molecule has 5 heteroatoms. The molecule has 0 N–H and O–H groups in total. The molecule has 0 amide bonds. The van der Waals surface area contributed by atoms with Crippen molar-refractivity contribution in [1.82, 2.24) is 0 Å². The predicted molar refractivity (Wildman–Crippen MR) is 152 cm³/mol. The van der Waals surface area contributed by atoms with Gasteiger partial charge in [-0.3, -0.25) is 14.4 Å². The highest BCUT2D eigenvalue weighted by atomic mass is 16.6. The average molecular weight is 541 g/mol. The van der Waals surface area contributed by atoms with Crippen LogP contribution in [-0.4, -0.2) is 30.4 Å². The molecular weight excluding hydrogens is 488 g/mol. The van der Waals surface area contributed by atoms with E-state index < -0.39 is 5.41 Å². The number of hydrogen-bond acceptors (Lipinski definition) is 5. The van der Waals surface area contributed by atoms with Crippen molar-refractivity contribution in [3.63, 3.8) is 0 Å². The van der Waals surface area contributed by atoms with Gasteiger partial charge >= 0.3 is 11.9 Å². The van der Waals surface area contributed by atoms with Gasteiger partial charge in [-0.1, -0.05) is 54.0 Å². The molecule has 5 aliphatic rings. The van der Waals surface area contributed by atoms with Gasteiger partial charge < -0.3 is 9.47 Å². The Morgan fingerprint density at radius 2 is 1.59 bits per heavy atom. The van der Waals surface area contributed by atoms with Crippen molar-refractivity contribution in [2.45, 2.75) is 120 Å². The fourth-order valence-electron chi connectivity index (χ4n) is 11.3. The lowest BCUT2D eigenvalue weighted by Crippen LogP contribution is -2.67. The third kappa shape index (κ3) is 3.94. The zero-order valence-electron chi connectivity index (χ0n) is 25.9. The summed E-state index contributed by atoms with van der Waals surface area (Å²) in [6.45, 7) is 19.8. The lowest BCUT2D eigenvalue weighted by atomic mass is 9.33. The summed E-state index contributed by atoms with van der Waals surface area (Å²) in [7, 11) is 0. The first-order valence-corrected chi connectivity index (χ1v) is 15.6. The summed E-state index contributed by atoms with van der Waals surface area (Å²) in [4.78, 5) is 38.6. The molecule has 0 aromatic carbocycles. The number of ether oxygens (including phenoxy) is 2. The number of hydrogen-bond donors (Lipinski definition) is 0. The smallest absolute Gasteiger partial charge is 0.302 e. The van der Waals surface area contributed by atoms with Gasteiger partial charge in [-0.25, -0.2) is 0 Å². The lowest BCUT2D eigenvalue weighted by molar-refractivity contribution is -0.223. The number of carbonyl (C=O) groups is 3. The second-order valence-corrected chi connectivity index (χ2v) is 15.7. The molecule has 5 nitrogen and oxygen atoms in total. The molecule has 0 bridgehead atoms. The van der Waals surface area contributed by atoms with Crippen LogP contribution in [0.2, 0.25) is 0 Å². The Labute approximate surface area is 236 Å². The SMILES string of the molecule is CC(=O)OC[C@]1(C)[C@@H]2CC[C@]3(C)[C@H](C(=O)C=C4[C@@H]5[C@@H](C)[C@H](C)CC[C@]5(C)CC[C@]43C)[C@@]2(C)CC[C@H]1OC(C)=O. The summed E-state index contributed by atoms with van der Waals surface area (Å²) >= 11 is 0. The van der Waals surface area contributed by atoms with E-state index in [0.29, 0.717) is 30.0 Å². The Balaban J connectivity index is 1.59. The molecule has 4 saturated carbocycles. The molecule has 11 atom stereocenters. The molecule has 39 heavy (non-hydrogen) atoms. The molecule has 0 aromatic heterocycles. The molecule has 5 aliphatic carbocycles. The maximum Gasteiger partial charge on any atom is 0.302 e. The monoisotopic (exact) mass is 540 g/mol. The first-order chi connectivity index (χ1) is 18.0. The molecule has 0 spiro atoms. The third-order valence-electron chi connectivity index (χ3n) is 13.8. The largest absolute Gasteiger partial charge is 0.465 e. The van der Waals surface area contributed by atoms with Crippen LogP contribution in [0.15, 0.2) is 11.6 Å².